The minimum Gasteiger partial charge on any atom is -0.381 e. The first kappa shape index (κ1) is 18.2. The average Bonchev–Trinajstić information content (AvgIpc) is 2.61. The van der Waals surface area contributed by atoms with Gasteiger partial charge in [-0.3, -0.25) is 9.69 Å². The molecule has 0 aromatic heterocycles. The van der Waals surface area contributed by atoms with Gasteiger partial charge < -0.3 is 14.7 Å². The molecule has 24 heavy (non-hydrogen) atoms. The van der Waals surface area contributed by atoms with Gasteiger partial charge in [0.1, 0.15) is 0 Å². The molecule has 2 saturated heterocycles. The topological polar surface area (TPSA) is 53.0 Å². The molecule has 3 aliphatic rings. The van der Waals surface area contributed by atoms with Gasteiger partial charge in [0.25, 0.3) is 5.91 Å². The number of nitrogens with zero attached hydrogens (tertiary/aromatic N) is 2. The SMILES string of the molecule is COC1CCN(CC2(O)CCCN(CC3CCCCC3)C2=O)CC1. The molecule has 0 aromatic carbocycles. The third kappa shape index (κ3) is 4.30. The molecular formula is C19H34N2O3. The van der Waals surface area contributed by atoms with Gasteiger partial charge in [-0.25, -0.2) is 0 Å². The van der Waals surface area contributed by atoms with E-state index in [0.717, 1.165) is 45.4 Å². The van der Waals surface area contributed by atoms with Crippen molar-refractivity contribution in [3.63, 3.8) is 0 Å². The van der Waals surface area contributed by atoms with Crippen LogP contribution in [0.2, 0.25) is 0 Å². The molecular weight excluding hydrogens is 304 g/mol. The van der Waals surface area contributed by atoms with Crippen molar-refractivity contribution in [2.24, 2.45) is 5.92 Å². The summed E-state index contributed by atoms with van der Waals surface area (Å²) in [6.07, 6.45) is 10.3. The Hall–Kier alpha value is -0.650. The maximum atomic E-state index is 12.9. The first-order valence-electron chi connectivity index (χ1n) is 9.87. The summed E-state index contributed by atoms with van der Waals surface area (Å²) >= 11 is 0. The minimum atomic E-state index is -1.17. The number of rotatable bonds is 5. The van der Waals surface area contributed by atoms with E-state index in [-0.39, 0.29) is 5.91 Å². The number of ether oxygens (including phenoxy) is 1. The quantitative estimate of drug-likeness (QED) is 0.833. The van der Waals surface area contributed by atoms with Crippen LogP contribution in [0.4, 0.5) is 0 Å². The van der Waals surface area contributed by atoms with Crippen LogP contribution in [0.25, 0.3) is 0 Å². The normalized spacial score (nSPS) is 31.6. The maximum Gasteiger partial charge on any atom is 0.255 e. The lowest BCUT2D eigenvalue weighted by Crippen LogP contribution is -2.60. The Kier molecular flexibility index (Phi) is 6.17. The average molecular weight is 338 g/mol. The number of carbonyl (C=O) groups excluding carboxylic acids is 1. The fraction of sp³-hybridized carbons (Fsp3) is 0.947. The van der Waals surface area contributed by atoms with Gasteiger partial charge >= 0.3 is 0 Å². The van der Waals surface area contributed by atoms with Crippen molar-refractivity contribution in [3.05, 3.63) is 0 Å². The Labute approximate surface area is 146 Å². The Morgan fingerprint density at radius 2 is 1.79 bits per heavy atom. The van der Waals surface area contributed by atoms with Crippen molar-refractivity contribution in [2.75, 3.05) is 39.8 Å². The molecule has 2 heterocycles. The summed E-state index contributed by atoms with van der Waals surface area (Å²) in [4.78, 5) is 17.1. The lowest BCUT2D eigenvalue weighted by molar-refractivity contribution is -0.161. The number of piperidine rings is 2. The van der Waals surface area contributed by atoms with E-state index in [0.29, 0.717) is 25.0 Å². The molecule has 0 spiro atoms. The summed E-state index contributed by atoms with van der Waals surface area (Å²) < 4.78 is 5.41. The highest BCUT2D eigenvalue weighted by Crippen LogP contribution is 2.29. The van der Waals surface area contributed by atoms with E-state index in [2.05, 4.69) is 4.90 Å². The van der Waals surface area contributed by atoms with Gasteiger partial charge in [-0.15, -0.1) is 0 Å². The van der Waals surface area contributed by atoms with Crippen LogP contribution in [-0.4, -0.2) is 72.4 Å². The lowest BCUT2D eigenvalue weighted by Gasteiger charge is -2.43. The second-order valence-electron chi connectivity index (χ2n) is 8.10. The van der Waals surface area contributed by atoms with Gasteiger partial charge in [0, 0.05) is 39.8 Å². The number of likely N-dealkylation sites (tertiary alicyclic amines) is 2. The molecule has 0 bridgehead atoms. The van der Waals surface area contributed by atoms with E-state index in [1.165, 1.54) is 32.1 Å². The zero-order chi connectivity index (χ0) is 17.0. The predicted octanol–water partition coefficient (Wildman–Crippen LogP) is 2.03. The molecule has 1 saturated carbocycles. The zero-order valence-corrected chi connectivity index (χ0v) is 15.2. The van der Waals surface area contributed by atoms with Crippen LogP contribution in [0.3, 0.4) is 0 Å². The van der Waals surface area contributed by atoms with Crippen molar-refractivity contribution in [1.82, 2.24) is 9.80 Å². The first-order chi connectivity index (χ1) is 11.6. The van der Waals surface area contributed by atoms with Crippen molar-refractivity contribution >= 4 is 5.91 Å². The number of amides is 1. The Morgan fingerprint density at radius 1 is 1.08 bits per heavy atom. The Bertz CT molecular complexity index is 417. The van der Waals surface area contributed by atoms with Gasteiger partial charge in [-0.05, 0) is 44.4 Å². The Morgan fingerprint density at radius 3 is 2.46 bits per heavy atom. The fourth-order valence-electron chi connectivity index (χ4n) is 4.74. The molecule has 5 heteroatoms. The largest absolute Gasteiger partial charge is 0.381 e. The molecule has 0 aromatic rings. The molecule has 1 amide bonds. The summed E-state index contributed by atoms with van der Waals surface area (Å²) in [7, 11) is 1.77. The monoisotopic (exact) mass is 338 g/mol. The number of methoxy groups -OCH3 is 1. The highest BCUT2D eigenvalue weighted by molar-refractivity contribution is 5.86. The Balaban J connectivity index is 1.54. The van der Waals surface area contributed by atoms with Crippen LogP contribution < -0.4 is 0 Å². The third-order valence-electron chi connectivity index (χ3n) is 6.26. The van der Waals surface area contributed by atoms with E-state index in [1.54, 1.807) is 7.11 Å². The van der Waals surface area contributed by atoms with Gasteiger partial charge in [0.2, 0.25) is 0 Å². The summed E-state index contributed by atoms with van der Waals surface area (Å²) in [5, 5.41) is 11.1. The first-order valence-corrected chi connectivity index (χ1v) is 9.87. The predicted molar refractivity (Wildman–Crippen MR) is 93.8 cm³/mol. The molecule has 3 rings (SSSR count). The smallest absolute Gasteiger partial charge is 0.255 e. The van der Waals surface area contributed by atoms with Crippen LogP contribution in [0.1, 0.15) is 57.8 Å². The van der Waals surface area contributed by atoms with Gasteiger partial charge in [-0.2, -0.15) is 0 Å². The van der Waals surface area contributed by atoms with Crippen LogP contribution in [0.5, 0.6) is 0 Å². The van der Waals surface area contributed by atoms with Gasteiger partial charge in [0.05, 0.1) is 6.10 Å². The van der Waals surface area contributed by atoms with E-state index in [4.69, 9.17) is 4.74 Å². The van der Waals surface area contributed by atoms with Crippen molar-refractivity contribution in [2.45, 2.75) is 69.5 Å². The van der Waals surface area contributed by atoms with E-state index in [9.17, 15) is 9.90 Å². The lowest BCUT2D eigenvalue weighted by atomic mass is 9.86. The van der Waals surface area contributed by atoms with E-state index < -0.39 is 5.60 Å². The van der Waals surface area contributed by atoms with E-state index in [1.807, 2.05) is 4.90 Å². The number of β-amino-alcohol motifs (C(OH)–C–C–N with tert-alkyl or cyclic N) is 1. The molecule has 1 unspecified atom stereocenters. The highest BCUT2D eigenvalue weighted by atomic mass is 16.5. The standard InChI is InChI=1S/C19H34N2O3/c1-24-17-8-12-20(13-9-17)15-19(23)10-5-11-21(18(19)22)14-16-6-3-2-4-7-16/h16-17,23H,2-15H2,1H3. The molecule has 1 N–H and O–H groups in total. The molecule has 1 atom stereocenters. The molecule has 5 nitrogen and oxygen atoms in total. The molecule has 2 aliphatic heterocycles. The van der Waals surface area contributed by atoms with Gasteiger partial charge in [0.15, 0.2) is 5.60 Å². The number of hydrogen-bond donors (Lipinski definition) is 1. The summed E-state index contributed by atoms with van der Waals surface area (Å²) in [6, 6.07) is 0. The third-order valence-corrected chi connectivity index (χ3v) is 6.26. The zero-order valence-electron chi connectivity index (χ0n) is 15.2. The summed E-state index contributed by atoms with van der Waals surface area (Å²) in [5.41, 5.74) is -1.17. The fourth-order valence-corrected chi connectivity index (χ4v) is 4.74. The number of hydrogen-bond acceptors (Lipinski definition) is 4. The van der Waals surface area contributed by atoms with Crippen molar-refractivity contribution in [1.29, 1.82) is 0 Å². The van der Waals surface area contributed by atoms with Crippen LogP contribution in [-0.2, 0) is 9.53 Å². The van der Waals surface area contributed by atoms with Crippen LogP contribution in [0.15, 0.2) is 0 Å². The second kappa shape index (κ2) is 8.15. The van der Waals surface area contributed by atoms with Crippen molar-refractivity contribution < 1.29 is 14.6 Å². The second-order valence-corrected chi connectivity index (χ2v) is 8.10. The summed E-state index contributed by atoms with van der Waals surface area (Å²) in [5.74, 6) is 0.621. The van der Waals surface area contributed by atoms with Crippen LogP contribution in [0, 0.1) is 5.92 Å². The molecule has 3 fully saturated rings. The number of aliphatic hydroxyl groups is 1. The number of carbonyl (C=O) groups is 1. The molecule has 1 aliphatic carbocycles. The maximum absolute atomic E-state index is 12.9. The summed E-state index contributed by atoms with van der Waals surface area (Å²) in [6.45, 7) is 3.99. The minimum absolute atomic E-state index is 0.0202. The highest BCUT2D eigenvalue weighted by Gasteiger charge is 2.44. The van der Waals surface area contributed by atoms with E-state index >= 15 is 0 Å². The molecule has 0 radical (unpaired) electrons. The molecule has 138 valence electrons. The van der Waals surface area contributed by atoms with Crippen LogP contribution >= 0.6 is 0 Å². The van der Waals surface area contributed by atoms with Crippen molar-refractivity contribution in [3.8, 4) is 0 Å². The van der Waals surface area contributed by atoms with Gasteiger partial charge in [-0.1, -0.05) is 19.3 Å².